The predicted molar refractivity (Wildman–Crippen MR) is 56.2 cm³/mol. The van der Waals surface area contributed by atoms with E-state index in [0.717, 1.165) is 10.9 Å². The van der Waals surface area contributed by atoms with Gasteiger partial charge in [-0.25, -0.2) is 0 Å². The lowest BCUT2D eigenvalue weighted by Gasteiger charge is -2.01. The van der Waals surface area contributed by atoms with Gasteiger partial charge in [-0.05, 0) is 18.2 Å². The van der Waals surface area contributed by atoms with Crippen molar-refractivity contribution in [2.45, 2.75) is 0 Å². The summed E-state index contributed by atoms with van der Waals surface area (Å²) in [4.78, 5) is 4.11. The average Bonchev–Trinajstić information content (AvgIpc) is 2.02. The van der Waals surface area contributed by atoms with E-state index in [1.807, 2.05) is 0 Å². The van der Waals surface area contributed by atoms with Crippen molar-refractivity contribution in [2.75, 3.05) is 5.73 Å². The fraction of sp³-hybridized carbons (Fsp3) is 0. The summed E-state index contributed by atoms with van der Waals surface area (Å²) < 4.78 is 0. The van der Waals surface area contributed by atoms with Crippen LogP contribution in [0, 0.1) is 0 Å². The van der Waals surface area contributed by atoms with Crippen LogP contribution in [0.2, 0.25) is 10.0 Å². The number of aromatic nitrogens is 1. The Morgan fingerprint density at radius 1 is 1.08 bits per heavy atom. The number of fused-ring (bicyclic) bond motifs is 1. The van der Waals surface area contributed by atoms with Gasteiger partial charge in [-0.2, -0.15) is 0 Å². The van der Waals surface area contributed by atoms with Gasteiger partial charge in [-0.1, -0.05) is 23.2 Å². The van der Waals surface area contributed by atoms with Gasteiger partial charge in [0.05, 0.1) is 16.2 Å². The Kier molecular flexibility index (Phi) is 2.02. The molecule has 0 aliphatic rings. The number of pyridine rings is 1. The van der Waals surface area contributed by atoms with E-state index in [9.17, 15) is 0 Å². The van der Waals surface area contributed by atoms with Gasteiger partial charge in [-0.3, -0.25) is 4.98 Å². The number of anilines is 1. The first-order valence-electron chi connectivity index (χ1n) is 3.67. The maximum atomic E-state index is 5.83. The lowest BCUT2D eigenvalue weighted by molar-refractivity contribution is 1.41. The third kappa shape index (κ3) is 1.55. The molecule has 0 saturated heterocycles. The Morgan fingerprint density at radius 3 is 2.54 bits per heavy atom. The van der Waals surface area contributed by atoms with Gasteiger partial charge in [0.25, 0.3) is 0 Å². The molecule has 2 nitrogen and oxygen atoms in total. The molecule has 2 rings (SSSR count). The molecule has 1 heterocycles. The highest BCUT2D eigenvalue weighted by Gasteiger charge is 2.01. The molecule has 1 aromatic carbocycles. The molecule has 13 heavy (non-hydrogen) atoms. The smallest absolute Gasteiger partial charge is 0.0933 e. The van der Waals surface area contributed by atoms with Crippen LogP contribution in [0.25, 0.3) is 10.9 Å². The van der Waals surface area contributed by atoms with E-state index in [4.69, 9.17) is 28.9 Å². The SMILES string of the molecule is Nc1cc(Cl)cc2cc(Cl)cnc12. The van der Waals surface area contributed by atoms with Gasteiger partial charge in [0.2, 0.25) is 0 Å². The molecule has 0 bridgehead atoms. The molecule has 0 spiro atoms. The lowest BCUT2D eigenvalue weighted by Crippen LogP contribution is -1.89. The Morgan fingerprint density at radius 2 is 1.77 bits per heavy atom. The Balaban J connectivity index is 2.86. The number of hydrogen-bond donors (Lipinski definition) is 1. The Labute approximate surface area is 85.3 Å². The molecule has 2 aromatic rings. The van der Waals surface area contributed by atoms with E-state index < -0.39 is 0 Å². The highest BCUT2D eigenvalue weighted by atomic mass is 35.5. The van der Waals surface area contributed by atoms with Crippen LogP contribution in [-0.2, 0) is 0 Å². The van der Waals surface area contributed by atoms with Crippen LogP contribution in [0.3, 0.4) is 0 Å². The van der Waals surface area contributed by atoms with Crippen LogP contribution >= 0.6 is 23.2 Å². The highest BCUT2D eigenvalue weighted by molar-refractivity contribution is 6.33. The van der Waals surface area contributed by atoms with Crippen molar-refractivity contribution in [1.29, 1.82) is 0 Å². The number of hydrogen-bond acceptors (Lipinski definition) is 2. The first kappa shape index (κ1) is 8.60. The number of halogens is 2. The fourth-order valence-electron chi connectivity index (χ4n) is 1.21. The molecule has 0 atom stereocenters. The van der Waals surface area contributed by atoms with Crippen molar-refractivity contribution in [3.63, 3.8) is 0 Å². The maximum absolute atomic E-state index is 5.83. The molecule has 0 unspecified atom stereocenters. The van der Waals surface area contributed by atoms with E-state index in [1.54, 1.807) is 24.4 Å². The second-order valence-corrected chi connectivity index (χ2v) is 3.59. The molecule has 0 aliphatic carbocycles. The van der Waals surface area contributed by atoms with E-state index >= 15 is 0 Å². The fourth-order valence-corrected chi connectivity index (χ4v) is 1.61. The van der Waals surface area contributed by atoms with Gasteiger partial charge in [0.1, 0.15) is 0 Å². The zero-order valence-corrected chi connectivity index (χ0v) is 8.10. The average molecular weight is 213 g/mol. The summed E-state index contributed by atoms with van der Waals surface area (Å²) in [5.74, 6) is 0. The van der Waals surface area contributed by atoms with Crippen molar-refractivity contribution in [3.8, 4) is 0 Å². The zero-order chi connectivity index (χ0) is 9.42. The Hall–Kier alpha value is -0.990. The minimum Gasteiger partial charge on any atom is -0.397 e. The van der Waals surface area contributed by atoms with Crippen molar-refractivity contribution in [3.05, 3.63) is 34.4 Å². The van der Waals surface area contributed by atoms with Gasteiger partial charge >= 0.3 is 0 Å². The van der Waals surface area contributed by atoms with Crippen molar-refractivity contribution in [2.24, 2.45) is 0 Å². The van der Waals surface area contributed by atoms with E-state index in [0.29, 0.717) is 15.7 Å². The molecular formula is C9H6Cl2N2. The summed E-state index contributed by atoms with van der Waals surface area (Å²) in [6.07, 6.45) is 1.56. The zero-order valence-electron chi connectivity index (χ0n) is 6.59. The minimum atomic E-state index is 0.569. The topological polar surface area (TPSA) is 38.9 Å². The van der Waals surface area contributed by atoms with Gasteiger partial charge in [0, 0.05) is 16.6 Å². The summed E-state index contributed by atoms with van der Waals surface area (Å²) >= 11 is 11.6. The van der Waals surface area contributed by atoms with Gasteiger partial charge < -0.3 is 5.73 Å². The lowest BCUT2D eigenvalue weighted by atomic mass is 10.2. The van der Waals surface area contributed by atoms with Crippen LogP contribution in [0.5, 0.6) is 0 Å². The molecule has 0 aliphatic heterocycles. The predicted octanol–water partition coefficient (Wildman–Crippen LogP) is 3.12. The van der Waals surface area contributed by atoms with Crippen molar-refractivity contribution in [1.82, 2.24) is 4.98 Å². The van der Waals surface area contributed by atoms with Crippen LogP contribution in [-0.4, -0.2) is 4.98 Å². The van der Waals surface area contributed by atoms with Crippen LogP contribution < -0.4 is 5.73 Å². The van der Waals surface area contributed by atoms with Crippen molar-refractivity contribution < 1.29 is 0 Å². The Bertz CT molecular complexity index is 463. The summed E-state index contributed by atoms with van der Waals surface area (Å²) in [6, 6.07) is 5.24. The normalized spacial score (nSPS) is 10.6. The first-order chi connectivity index (χ1) is 6.16. The van der Waals surface area contributed by atoms with Gasteiger partial charge in [-0.15, -0.1) is 0 Å². The molecule has 1 aromatic heterocycles. The molecule has 66 valence electrons. The number of rotatable bonds is 0. The number of nitrogens with zero attached hydrogens (tertiary/aromatic N) is 1. The number of benzene rings is 1. The monoisotopic (exact) mass is 212 g/mol. The van der Waals surface area contributed by atoms with Crippen LogP contribution in [0.15, 0.2) is 24.4 Å². The third-order valence-electron chi connectivity index (χ3n) is 1.74. The van der Waals surface area contributed by atoms with Crippen LogP contribution in [0.4, 0.5) is 5.69 Å². The highest BCUT2D eigenvalue weighted by Crippen LogP contribution is 2.25. The summed E-state index contributed by atoms with van der Waals surface area (Å²) in [5, 5.41) is 2.03. The molecular weight excluding hydrogens is 207 g/mol. The first-order valence-corrected chi connectivity index (χ1v) is 4.43. The second-order valence-electron chi connectivity index (χ2n) is 2.72. The molecule has 4 heteroatoms. The van der Waals surface area contributed by atoms with E-state index in [1.165, 1.54) is 0 Å². The molecule has 0 saturated carbocycles. The van der Waals surface area contributed by atoms with Crippen molar-refractivity contribution >= 4 is 39.8 Å². The largest absolute Gasteiger partial charge is 0.397 e. The second kappa shape index (κ2) is 3.05. The molecule has 0 fully saturated rings. The maximum Gasteiger partial charge on any atom is 0.0933 e. The van der Waals surface area contributed by atoms with Gasteiger partial charge in [0.15, 0.2) is 0 Å². The third-order valence-corrected chi connectivity index (χ3v) is 2.17. The quantitative estimate of drug-likeness (QED) is 0.682. The number of nitrogens with two attached hydrogens (primary N) is 1. The molecule has 0 amide bonds. The minimum absolute atomic E-state index is 0.569. The summed E-state index contributed by atoms with van der Waals surface area (Å²) in [6.45, 7) is 0. The standard InChI is InChI=1S/C9H6Cl2N2/c10-6-1-5-2-7(11)4-13-9(5)8(12)3-6/h1-4H,12H2. The summed E-state index contributed by atoms with van der Waals surface area (Å²) in [7, 11) is 0. The molecule has 0 radical (unpaired) electrons. The number of nitrogen functional groups attached to an aromatic ring is 1. The van der Waals surface area contributed by atoms with E-state index in [-0.39, 0.29) is 0 Å². The molecule has 2 N–H and O–H groups in total. The summed E-state index contributed by atoms with van der Waals surface area (Å²) in [5.41, 5.74) is 7.02. The van der Waals surface area contributed by atoms with E-state index in [2.05, 4.69) is 4.98 Å². The van der Waals surface area contributed by atoms with Crippen LogP contribution in [0.1, 0.15) is 0 Å².